The van der Waals surface area contributed by atoms with Crippen LogP contribution in [-0.4, -0.2) is 36.7 Å². The van der Waals surface area contributed by atoms with Gasteiger partial charge in [-0.3, -0.25) is 10.1 Å². The first kappa shape index (κ1) is 12.1. The summed E-state index contributed by atoms with van der Waals surface area (Å²) >= 11 is 1.61. The molecule has 1 fully saturated rings. The predicted molar refractivity (Wildman–Crippen MR) is 70.0 cm³/mol. The molecule has 0 spiro atoms. The van der Waals surface area contributed by atoms with Crippen molar-refractivity contribution in [2.75, 3.05) is 25.0 Å². The highest BCUT2D eigenvalue weighted by Gasteiger charge is 2.23. The molecule has 1 aliphatic carbocycles. The van der Waals surface area contributed by atoms with Gasteiger partial charge in [0.2, 0.25) is 0 Å². The van der Waals surface area contributed by atoms with E-state index in [0.717, 1.165) is 24.5 Å². The lowest BCUT2D eigenvalue weighted by Crippen LogP contribution is -2.45. The van der Waals surface area contributed by atoms with Crippen LogP contribution in [0.2, 0.25) is 0 Å². The summed E-state index contributed by atoms with van der Waals surface area (Å²) in [4.78, 5) is 17.8. The van der Waals surface area contributed by atoms with E-state index >= 15 is 0 Å². The first-order valence-corrected chi connectivity index (χ1v) is 7.26. The molecule has 1 unspecified atom stereocenters. The number of fused-ring (bicyclic) bond motifs is 1. The molecule has 1 aromatic rings. The van der Waals surface area contributed by atoms with Gasteiger partial charge in [0.15, 0.2) is 5.13 Å². The van der Waals surface area contributed by atoms with E-state index in [-0.39, 0.29) is 12.0 Å². The Morgan fingerprint density at radius 1 is 1.44 bits per heavy atom. The highest BCUT2D eigenvalue weighted by atomic mass is 32.1. The van der Waals surface area contributed by atoms with Crippen LogP contribution in [0.4, 0.5) is 5.13 Å². The molecule has 1 aromatic heterocycles. The van der Waals surface area contributed by atoms with E-state index in [2.05, 4.69) is 15.6 Å². The average molecular weight is 267 g/mol. The number of amides is 1. The summed E-state index contributed by atoms with van der Waals surface area (Å²) < 4.78 is 5.42. The van der Waals surface area contributed by atoms with Gasteiger partial charge in [-0.25, -0.2) is 4.98 Å². The van der Waals surface area contributed by atoms with Gasteiger partial charge in [0.25, 0.3) is 5.91 Å². The van der Waals surface area contributed by atoms with E-state index < -0.39 is 0 Å². The van der Waals surface area contributed by atoms with Crippen LogP contribution < -0.4 is 10.6 Å². The summed E-state index contributed by atoms with van der Waals surface area (Å²) in [7, 11) is 0. The van der Waals surface area contributed by atoms with Gasteiger partial charge in [0.1, 0.15) is 6.10 Å². The number of aromatic nitrogens is 1. The lowest BCUT2D eigenvalue weighted by atomic mass is 10.0. The third kappa shape index (κ3) is 2.55. The summed E-state index contributed by atoms with van der Waals surface area (Å²) in [6, 6.07) is 0. The second-order valence-corrected chi connectivity index (χ2v) is 5.73. The van der Waals surface area contributed by atoms with Crippen molar-refractivity contribution in [3.8, 4) is 0 Å². The fraction of sp³-hybridized carbons (Fsp3) is 0.667. The van der Waals surface area contributed by atoms with Crippen molar-refractivity contribution >= 4 is 22.4 Å². The fourth-order valence-corrected chi connectivity index (χ4v) is 3.38. The standard InChI is InChI=1S/C12H17N3O2S/c16-11(9-7-13-5-6-17-9)15-12-14-8-3-1-2-4-10(8)18-12/h9,13H,1-7H2,(H,14,15,16). The number of nitrogens with one attached hydrogen (secondary N) is 2. The smallest absolute Gasteiger partial charge is 0.256 e. The Bertz CT molecular complexity index is 417. The summed E-state index contributed by atoms with van der Waals surface area (Å²) in [5, 5.41) is 6.74. The molecule has 2 heterocycles. The molecule has 0 bridgehead atoms. The molecule has 0 aromatic carbocycles. The van der Waals surface area contributed by atoms with E-state index in [1.54, 1.807) is 11.3 Å². The Labute approximate surface area is 110 Å². The van der Waals surface area contributed by atoms with E-state index in [0.29, 0.717) is 13.2 Å². The molecular formula is C12H17N3O2S. The summed E-state index contributed by atoms with van der Waals surface area (Å²) in [6.45, 7) is 1.98. The van der Waals surface area contributed by atoms with Crippen LogP contribution in [0.1, 0.15) is 23.4 Å². The number of carbonyl (C=O) groups excluding carboxylic acids is 1. The molecule has 6 heteroatoms. The molecule has 3 rings (SSSR count). The van der Waals surface area contributed by atoms with E-state index in [1.807, 2.05) is 0 Å². The first-order chi connectivity index (χ1) is 8.83. The molecule has 98 valence electrons. The Balaban J connectivity index is 1.64. The van der Waals surface area contributed by atoms with Gasteiger partial charge in [0.05, 0.1) is 12.3 Å². The molecular weight excluding hydrogens is 250 g/mol. The molecule has 2 N–H and O–H groups in total. The van der Waals surface area contributed by atoms with Crippen molar-refractivity contribution in [2.24, 2.45) is 0 Å². The Kier molecular flexibility index (Phi) is 3.58. The van der Waals surface area contributed by atoms with Crippen LogP contribution >= 0.6 is 11.3 Å². The van der Waals surface area contributed by atoms with Crippen LogP contribution in [-0.2, 0) is 22.4 Å². The maximum Gasteiger partial charge on any atom is 0.256 e. The first-order valence-electron chi connectivity index (χ1n) is 6.45. The minimum atomic E-state index is -0.389. The molecule has 5 nitrogen and oxygen atoms in total. The largest absolute Gasteiger partial charge is 0.366 e. The van der Waals surface area contributed by atoms with Crippen molar-refractivity contribution in [3.63, 3.8) is 0 Å². The number of rotatable bonds is 2. The van der Waals surface area contributed by atoms with Crippen molar-refractivity contribution < 1.29 is 9.53 Å². The van der Waals surface area contributed by atoms with Gasteiger partial charge in [-0.2, -0.15) is 0 Å². The average Bonchev–Trinajstić information content (AvgIpc) is 2.82. The number of hydrogen-bond donors (Lipinski definition) is 2. The molecule has 0 radical (unpaired) electrons. The van der Waals surface area contributed by atoms with Gasteiger partial charge >= 0.3 is 0 Å². The quantitative estimate of drug-likeness (QED) is 0.837. The van der Waals surface area contributed by atoms with Crippen LogP contribution in [0.25, 0.3) is 0 Å². The zero-order chi connectivity index (χ0) is 12.4. The van der Waals surface area contributed by atoms with E-state index in [1.165, 1.54) is 23.4 Å². The number of anilines is 1. The molecule has 18 heavy (non-hydrogen) atoms. The second-order valence-electron chi connectivity index (χ2n) is 4.65. The third-order valence-corrected chi connectivity index (χ3v) is 4.37. The number of morpholine rings is 1. The highest BCUT2D eigenvalue weighted by Crippen LogP contribution is 2.29. The zero-order valence-corrected chi connectivity index (χ0v) is 11.0. The molecule has 1 amide bonds. The minimum absolute atomic E-state index is 0.0895. The van der Waals surface area contributed by atoms with Crippen molar-refractivity contribution in [2.45, 2.75) is 31.8 Å². The highest BCUT2D eigenvalue weighted by molar-refractivity contribution is 7.15. The minimum Gasteiger partial charge on any atom is -0.366 e. The number of hydrogen-bond acceptors (Lipinski definition) is 5. The van der Waals surface area contributed by atoms with E-state index in [4.69, 9.17) is 4.74 Å². The zero-order valence-electron chi connectivity index (χ0n) is 10.2. The molecule has 1 atom stereocenters. The summed E-state index contributed by atoms with van der Waals surface area (Å²) in [5.74, 6) is -0.0895. The van der Waals surface area contributed by atoms with Crippen LogP contribution in [0.5, 0.6) is 0 Å². The van der Waals surface area contributed by atoms with Crippen LogP contribution in [0, 0.1) is 0 Å². The van der Waals surface area contributed by atoms with Gasteiger partial charge in [0, 0.05) is 18.0 Å². The number of nitrogens with zero attached hydrogens (tertiary/aromatic N) is 1. The van der Waals surface area contributed by atoms with Crippen molar-refractivity contribution in [1.82, 2.24) is 10.3 Å². The Hall–Kier alpha value is -0.980. The van der Waals surface area contributed by atoms with Gasteiger partial charge < -0.3 is 10.1 Å². The molecule has 1 saturated heterocycles. The van der Waals surface area contributed by atoms with Gasteiger partial charge in [-0.1, -0.05) is 0 Å². The van der Waals surface area contributed by atoms with Crippen LogP contribution in [0.3, 0.4) is 0 Å². The normalized spacial score (nSPS) is 23.4. The van der Waals surface area contributed by atoms with Gasteiger partial charge in [-0.15, -0.1) is 11.3 Å². The number of carbonyl (C=O) groups is 1. The number of ether oxygens (including phenoxy) is 1. The topological polar surface area (TPSA) is 63.2 Å². The van der Waals surface area contributed by atoms with Crippen molar-refractivity contribution in [1.29, 1.82) is 0 Å². The lowest BCUT2D eigenvalue weighted by Gasteiger charge is -2.22. The molecule has 2 aliphatic rings. The lowest BCUT2D eigenvalue weighted by molar-refractivity contribution is -0.128. The number of thiazole rings is 1. The maximum atomic E-state index is 12.0. The molecule has 1 aliphatic heterocycles. The van der Waals surface area contributed by atoms with Gasteiger partial charge in [-0.05, 0) is 25.7 Å². The number of aryl methyl sites for hydroxylation is 2. The predicted octanol–water partition coefficient (Wildman–Crippen LogP) is 0.949. The third-order valence-electron chi connectivity index (χ3n) is 3.30. The monoisotopic (exact) mass is 267 g/mol. The summed E-state index contributed by atoms with van der Waals surface area (Å²) in [5.41, 5.74) is 1.17. The summed E-state index contributed by atoms with van der Waals surface area (Å²) in [6.07, 6.45) is 4.20. The Morgan fingerprint density at radius 2 is 2.33 bits per heavy atom. The molecule has 0 saturated carbocycles. The van der Waals surface area contributed by atoms with Crippen molar-refractivity contribution in [3.05, 3.63) is 10.6 Å². The Morgan fingerprint density at radius 3 is 3.11 bits per heavy atom. The van der Waals surface area contributed by atoms with E-state index in [9.17, 15) is 4.79 Å². The second kappa shape index (κ2) is 5.34. The maximum absolute atomic E-state index is 12.0. The SMILES string of the molecule is O=C(Nc1nc2c(s1)CCCC2)C1CNCCO1. The fourth-order valence-electron chi connectivity index (χ4n) is 2.33. The van der Waals surface area contributed by atoms with Crippen LogP contribution in [0.15, 0.2) is 0 Å².